The Balaban J connectivity index is 2.46. The Kier molecular flexibility index (Phi) is 5.91. The monoisotopic (exact) mass is 258 g/mol. The summed E-state index contributed by atoms with van der Waals surface area (Å²) < 4.78 is 4.92. The van der Waals surface area contributed by atoms with Crippen molar-refractivity contribution in [3.8, 4) is 0 Å². The fourth-order valence-corrected chi connectivity index (χ4v) is 2.17. The minimum absolute atomic E-state index is 0.306. The van der Waals surface area contributed by atoms with Crippen LogP contribution in [0.2, 0.25) is 0 Å². The molecule has 0 radical (unpaired) electrons. The van der Waals surface area contributed by atoms with Gasteiger partial charge in [-0.2, -0.15) is 0 Å². The van der Waals surface area contributed by atoms with Crippen molar-refractivity contribution in [2.75, 3.05) is 32.8 Å². The van der Waals surface area contributed by atoms with E-state index in [0.29, 0.717) is 39.2 Å². The number of carboxylic acid groups (broad SMARTS) is 1. The lowest BCUT2D eigenvalue weighted by Gasteiger charge is -2.37. The molecule has 1 aliphatic heterocycles. The third kappa shape index (κ3) is 3.87. The summed E-state index contributed by atoms with van der Waals surface area (Å²) in [6.45, 7) is 6.37. The summed E-state index contributed by atoms with van der Waals surface area (Å²) in [6.07, 6.45) is 1.18. The molecule has 1 unspecified atom stereocenters. The van der Waals surface area contributed by atoms with Crippen LogP contribution in [0.4, 0.5) is 4.79 Å². The van der Waals surface area contributed by atoms with Crippen LogP contribution in [-0.4, -0.2) is 65.8 Å². The van der Waals surface area contributed by atoms with E-state index in [-0.39, 0.29) is 6.09 Å². The summed E-state index contributed by atoms with van der Waals surface area (Å²) in [7, 11) is 0. The second kappa shape index (κ2) is 7.20. The molecule has 0 bridgehead atoms. The summed E-state index contributed by atoms with van der Waals surface area (Å²) in [6, 6.07) is -0.431. The van der Waals surface area contributed by atoms with Gasteiger partial charge in [0, 0.05) is 26.2 Å². The predicted molar refractivity (Wildman–Crippen MR) is 66.5 cm³/mol. The van der Waals surface area contributed by atoms with E-state index >= 15 is 0 Å². The molecule has 1 heterocycles. The molecule has 1 rings (SSSR count). The SMILES string of the molecule is CCCC(C(=O)O)N1CCN(C(=O)OCC)CC1. The van der Waals surface area contributed by atoms with Crippen molar-refractivity contribution in [2.24, 2.45) is 0 Å². The van der Waals surface area contributed by atoms with Crippen LogP contribution in [0.25, 0.3) is 0 Å². The summed E-state index contributed by atoms with van der Waals surface area (Å²) >= 11 is 0. The summed E-state index contributed by atoms with van der Waals surface area (Å²) in [5.41, 5.74) is 0. The van der Waals surface area contributed by atoms with E-state index < -0.39 is 12.0 Å². The standard InChI is InChI=1S/C12H22N2O4/c1-3-5-10(11(15)16)13-6-8-14(9-7-13)12(17)18-4-2/h10H,3-9H2,1-2H3,(H,15,16). The molecule has 0 aromatic carbocycles. The van der Waals surface area contributed by atoms with E-state index in [1.54, 1.807) is 11.8 Å². The Hall–Kier alpha value is -1.30. The highest BCUT2D eigenvalue weighted by molar-refractivity contribution is 5.73. The number of aliphatic carboxylic acids is 1. The molecular formula is C12H22N2O4. The first kappa shape index (κ1) is 14.8. The lowest BCUT2D eigenvalue weighted by atomic mass is 10.1. The second-order valence-electron chi connectivity index (χ2n) is 4.36. The molecule has 0 saturated carbocycles. The molecule has 0 aromatic heterocycles. The lowest BCUT2D eigenvalue weighted by molar-refractivity contribution is -0.144. The number of carbonyl (C=O) groups is 2. The van der Waals surface area contributed by atoms with Gasteiger partial charge in [0.1, 0.15) is 6.04 Å². The zero-order valence-electron chi connectivity index (χ0n) is 11.1. The van der Waals surface area contributed by atoms with Gasteiger partial charge in [0.05, 0.1) is 6.61 Å². The zero-order valence-corrected chi connectivity index (χ0v) is 11.1. The molecule has 1 N–H and O–H groups in total. The predicted octanol–water partition coefficient (Wildman–Crippen LogP) is 1.01. The van der Waals surface area contributed by atoms with Crippen molar-refractivity contribution in [1.82, 2.24) is 9.80 Å². The van der Waals surface area contributed by atoms with Gasteiger partial charge in [-0.15, -0.1) is 0 Å². The van der Waals surface area contributed by atoms with Crippen molar-refractivity contribution in [2.45, 2.75) is 32.7 Å². The maximum absolute atomic E-state index is 11.5. The third-order valence-electron chi connectivity index (χ3n) is 3.13. The van der Waals surface area contributed by atoms with Gasteiger partial charge in [0.2, 0.25) is 0 Å². The number of hydrogen-bond acceptors (Lipinski definition) is 4. The number of amides is 1. The van der Waals surface area contributed by atoms with E-state index in [2.05, 4.69) is 0 Å². The summed E-state index contributed by atoms with van der Waals surface area (Å²) in [4.78, 5) is 26.2. The number of carbonyl (C=O) groups excluding carboxylic acids is 1. The third-order valence-corrected chi connectivity index (χ3v) is 3.13. The van der Waals surface area contributed by atoms with Gasteiger partial charge >= 0.3 is 12.1 Å². The number of hydrogen-bond donors (Lipinski definition) is 1. The molecule has 1 fully saturated rings. The molecule has 0 aliphatic carbocycles. The quantitative estimate of drug-likeness (QED) is 0.797. The number of rotatable bonds is 5. The molecule has 0 spiro atoms. The van der Waals surface area contributed by atoms with Gasteiger partial charge in [-0.3, -0.25) is 9.69 Å². The maximum atomic E-state index is 11.5. The van der Waals surface area contributed by atoms with E-state index in [4.69, 9.17) is 9.84 Å². The number of carboxylic acids is 1. The first-order valence-corrected chi connectivity index (χ1v) is 6.48. The van der Waals surface area contributed by atoms with E-state index in [1.807, 2.05) is 11.8 Å². The van der Waals surface area contributed by atoms with Gasteiger partial charge in [0.15, 0.2) is 0 Å². The van der Waals surface area contributed by atoms with Crippen LogP contribution in [-0.2, 0) is 9.53 Å². The van der Waals surface area contributed by atoms with Gasteiger partial charge in [-0.25, -0.2) is 4.79 Å². The normalized spacial score (nSPS) is 18.4. The topological polar surface area (TPSA) is 70.1 Å². The molecule has 18 heavy (non-hydrogen) atoms. The second-order valence-corrected chi connectivity index (χ2v) is 4.36. The van der Waals surface area contributed by atoms with Crippen molar-refractivity contribution < 1.29 is 19.4 Å². The Morgan fingerprint density at radius 1 is 1.22 bits per heavy atom. The Labute approximate surface area is 107 Å². The molecule has 0 aromatic rings. The van der Waals surface area contributed by atoms with Crippen molar-refractivity contribution in [3.63, 3.8) is 0 Å². The highest BCUT2D eigenvalue weighted by Crippen LogP contribution is 2.12. The Bertz CT molecular complexity index is 288. The molecule has 104 valence electrons. The van der Waals surface area contributed by atoms with Crippen LogP contribution in [0.15, 0.2) is 0 Å². The molecule has 1 saturated heterocycles. The minimum Gasteiger partial charge on any atom is -0.480 e. The number of ether oxygens (including phenoxy) is 1. The van der Waals surface area contributed by atoms with Crippen LogP contribution in [0, 0.1) is 0 Å². The zero-order chi connectivity index (χ0) is 13.5. The van der Waals surface area contributed by atoms with E-state index in [9.17, 15) is 9.59 Å². The van der Waals surface area contributed by atoms with Crippen LogP contribution < -0.4 is 0 Å². The van der Waals surface area contributed by atoms with Crippen LogP contribution >= 0.6 is 0 Å². The largest absolute Gasteiger partial charge is 0.480 e. The number of nitrogens with zero attached hydrogens (tertiary/aromatic N) is 2. The minimum atomic E-state index is -0.776. The van der Waals surface area contributed by atoms with Crippen LogP contribution in [0.3, 0.4) is 0 Å². The molecular weight excluding hydrogens is 236 g/mol. The summed E-state index contributed by atoms with van der Waals surface area (Å²) in [5, 5.41) is 9.17. The fourth-order valence-electron chi connectivity index (χ4n) is 2.17. The molecule has 1 aliphatic rings. The first-order chi connectivity index (χ1) is 8.60. The highest BCUT2D eigenvalue weighted by Gasteiger charge is 2.29. The van der Waals surface area contributed by atoms with E-state index in [0.717, 1.165) is 6.42 Å². The molecule has 6 heteroatoms. The van der Waals surface area contributed by atoms with Crippen LogP contribution in [0.1, 0.15) is 26.7 Å². The molecule has 6 nitrogen and oxygen atoms in total. The van der Waals surface area contributed by atoms with Crippen molar-refractivity contribution in [1.29, 1.82) is 0 Å². The van der Waals surface area contributed by atoms with Crippen LogP contribution in [0.5, 0.6) is 0 Å². The lowest BCUT2D eigenvalue weighted by Crippen LogP contribution is -2.54. The molecule has 1 amide bonds. The molecule has 1 atom stereocenters. The summed E-state index contributed by atoms with van der Waals surface area (Å²) in [5.74, 6) is -0.776. The van der Waals surface area contributed by atoms with Gasteiger partial charge in [-0.1, -0.05) is 13.3 Å². The average molecular weight is 258 g/mol. The maximum Gasteiger partial charge on any atom is 0.409 e. The average Bonchev–Trinajstić information content (AvgIpc) is 2.36. The van der Waals surface area contributed by atoms with E-state index in [1.165, 1.54) is 0 Å². The van der Waals surface area contributed by atoms with Crippen molar-refractivity contribution >= 4 is 12.1 Å². The van der Waals surface area contributed by atoms with Crippen molar-refractivity contribution in [3.05, 3.63) is 0 Å². The smallest absolute Gasteiger partial charge is 0.409 e. The number of piperazine rings is 1. The first-order valence-electron chi connectivity index (χ1n) is 6.48. The highest BCUT2D eigenvalue weighted by atomic mass is 16.6. The van der Waals surface area contributed by atoms with Gasteiger partial charge in [0.25, 0.3) is 0 Å². The van der Waals surface area contributed by atoms with Gasteiger partial charge < -0.3 is 14.7 Å². The van der Waals surface area contributed by atoms with Gasteiger partial charge in [-0.05, 0) is 13.3 Å². The Morgan fingerprint density at radius 3 is 2.28 bits per heavy atom. The Morgan fingerprint density at radius 2 is 1.83 bits per heavy atom. The fraction of sp³-hybridized carbons (Fsp3) is 0.833.